The van der Waals surface area contributed by atoms with Gasteiger partial charge in [-0.05, 0) is 32.1 Å². The normalized spacial score (nSPS) is 19.7. The van der Waals surface area contributed by atoms with Crippen LogP contribution in [-0.2, 0) is 9.53 Å². The summed E-state index contributed by atoms with van der Waals surface area (Å²) in [6.45, 7) is 2.81. The van der Waals surface area contributed by atoms with Gasteiger partial charge in [-0.15, -0.1) is 0 Å². The third kappa shape index (κ3) is 3.95. The molecule has 0 radical (unpaired) electrons. The van der Waals surface area contributed by atoms with E-state index in [0.717, 1.165) is 38.5 Å². The van der Waals surface area contributed by atoms with Crippen molar-refractivity contribution in [2.75, 3.05) is 20.3 Å². The Kier molecular flexibility index (Phi) is 6.65. The van der Waals surface area contributed by atoms with Gasteiger partial charge in [0, 0.05) is 26.4 Å². The first kappa shape index (κ1) is 15.4. The highest BCUT2D eigenvalue weighted by Gasteiger charge is 2.40. The molecule has 4 nitrogen and oxygen atoms in total. The molecule has 1 amide bonds. The molecule has 1 aliphatic carbocycles. The molecule has 0 aromatic carbocycles. The van der Waals surface area contributed by atoms with Crippen LogP contribution in [0, 0.1) is 5.41 Å². The predicted octanol–water partition coefficient (Wildman–Crippen LogP) is 1.86. The summed E-state index contributed by atoms with van der Waals surface area (Å²) in [4.78, 5) is 12.5. The Morgan fingerprint density at radius 2 is 2.11 bits per heavy atom. The summed E-state index contributed by atoms with van der Waals surface area (Å²) in [5.41, 5.74) is -0.223. The zero-order valence-electron chi connectivity index (χ0n) is 11.7. The molecule has 2 N–H and O–H groups in total. The molecule has 106 valence electrons. The molecule has 0 heterocycles. The van der Waals surface area contributed by atoms with Gasteiger partial charge in [0.2, 0.25) is 5.91 Å². The van der Waals surface area contributed by atoms with Crippen molar-refractivity contribution in [2.24, 2.45) is 5.41 Å². The maximum absolute atomic E-state index is 12.5. The Bertz CT molecular complexity index is 249. The van der Waals surface area contributed by atoms with Gasteiger partial charge in [-0.25, -0.2) is 0 Å². The molecule has 0 aromatic heterocycles. The van der Waals surface area contributed by atoms with E-state index in [1.807, 2.05) is 6.92 Å². The average Bonchev–Trinajstić information content (AvgIpc) is 2.85. The molecular formula is C14H27NO3. The summed E-state index contributed by atoms with van der Waals surface area (Å²) in [5, 5.41) is 12.1. The molecule has 18 heavy (non-hydrogen) atoms. The van der Waals surface area contributed by atoms with E-state index in [1.54, 1.807) is 7.11 Å². The van der Waals surface area contributed by atoms with Crippen LogP contribution in [0.4, 0.5) is 0 Å². The Balaban J connectivity index is 2.59. The van der Waals surface area contributed by atoms with Crippen LogP contribution in [0.3, 0.4) is 0 Å². The number of methoxy groups -OCH3 is 1. The van der Waals surface area contributed by atoms with Crippen molar-refractivity contribution in [1.82, 2.24) is 5.32 Å². The minimum Gasteiger partial charge on any atom is -0.396 e. The van der Waals surface area contributed by atoms with Crippen molar-refractivity contribution in [3.63, 3.8) is 0 Å². The zero-order chi connectivity index (χ0) is 13.4. The van der Waals surface area contributed by atoms with E-state index < -0.39 is 0 Å². The lowest BCUT2D eigenvalue weighted by atomic mass is 9.81. The fourth-order valence-corrected chi connectivity index (χ4v) is 2.81. The van der Waals surface area contributed by atoms with Gasteiger partial charge in [-0.2, -0.15) is 0 Å². The molecule has 1 rings (SSSR count). The number of carbonyl (C=O) groups excluding carboxylic acids is 1. The number of rotatable bonds is 8. The molecule has 0 aliphatic heterocycles. The van der Waals surface area contributed by atoms with E-state index >= 15 is 0 Å². The Morgan fingerprint density at radius 3 is 2.61 bits per heavy atom. The first-order chi connectivity index (χ1) is 8.68. The van der Waals surface area contributed by atoms with Crippen LogP contribution in [0.15, 0.2) is 0 Å². The first-order valence-electron chi connectivity index (χ1n) is 7.09. The highest BCUT2D eigenvalue weighted by atomic mass is 16.5. The van der Waals surface area contributed by atoms with E-state index in [1.165, 1.54) is 0 Å². The number of amides is 1. The molecule has 1 aliphatic rings. The van der Waals surface area contributed by atoms with Gasteiger partial charge in [0.25, 0.3) is 0 Å². The highest BCUT2D eigenvalue weighted by molar-refractivity contribution is 5.83. The number of aliphatic hydroxyl groups is 1. The second-order valence-electron chi connectivity index (χ2n) is 5.32. The maximum atomic E-state index is 12.5. The lowest BCUT2D eigenvalue weighted by Crippen LogP contribution is -2.45. The van der Waals surface area contributed by atoms with Crippen LogP contribution in [0.1, 0.15) is 51.9 Å². The summed E-state index contributed by atoms with van der Waals surface area (Å²) in [6.07, 6.45) is 6.53. The van der Waals surface area contributed by atoms with Crippen molar-refractivity contribution in [3.8, 4) is 0 Å². The second-order valence-corrected chi connectivity index (χ2v) is 5.32. The number of ether oxygens (including phenoxy) is 1. The molecule has 0 saturated heterocycles. The first-order valence-corrected chi connectivity index (χ1v) is 7.09. The monoisotopic (exact) mass is 257 g/mol. The summed E-state index contributed by atoms with van der Waals surface area (Å²) in [5.74, 6) is 0.164. The van der Waals surface area contributed by atoms with Crippen molar-refractivity contribution < 1.29 is 14.6 Å². The quantitative estimate of drug-likeness (QED) is 0.698. The van der Waals surface area contributed by atoms with E-state index in [4.69, 9.17) is 9.84 Å². The van der Waals surface area contributed by atoms with Crippen LogP contribution < -0.4 is 5.32 Å². The van der Waals surface area contributed by atoms with Crippen molar-refractivity contribution in [2.45, 2.75) is 57.9 Å². The summed E-state index contributed by atoms with van der Waals surface area (Å²) >= 11 is 0. The van der Waals surface area contributed by atoms with E-state index in [-0.39, 0.29) is 24.0 Å². The van der Waals surface area contributed by atoms with Gasteiger partial charge in [0.1, 0.15) is 0 Å². The molecule has 1 unspecified atom stereocenters. The van der Waals surface area contributed by atoms with Crippen molar-refractivity contribution in [1.29, 1.82) is 0 Å². The van der Waals surface area contributed by atoms with Crippen molar-refractivity contribution in [3.05, 3.63) is 0 Å². The van der Waals surface area contributed by atoms with Gasteiger partial charge < -0.3 is 15.2 Å². The Hall–Kier alpha value is -0.610. The van der Waals surface area contributed by atoms with Gasteiger partial charge in [-0.3, -0.25) is 4.79 Å². The summed E-state index contributed by atoms with van der Waals surface area (Å²) in [6, 6.07) is 0.0996. The molecule has 0 aromatic rings. The van der Waals surface area contributed by atoms with Crippen molar-refractivity contribution >= 4 is 5.91 Å². The van der Waals surface area contributed by atoms with Gasteiger partial charge in [0.05, 0.1) is 5.41 Å². The molecule has 0 bridgehead atoms. The number of hydrogen-bond acceptors (Lipinski definition) is 3. The van der Waals surface area contributed by atoms with Gasteiger partial charge >= 0.3 is 0 Å². The number of carbonyl (C=O) groups is 1. The van der Waals surface area contributed by atoms with E-state index in [9.17, 15) is 4.79 Å². The highest BCUT2D eigenvalue weighted by Crippen LogP contribution is 2.41. The Morgan fingerprint density at radius 1 is 1.44 bits per heavy atom. The maximum Gasteiger partial charge on any atom is 0.226 e. The summed E-state index contributed by atoms with van der Waals surface area (Å²) < 4.78 is 5.14. The van der Waals surface area contributed by atoms with Crippen LogP contribution in [0.2, 0.25) is 0 Å². The zero-order valence-corrected chi connectivity index (χ0v) is 11.7. The van der Waals surface area contributed by atoms with Crippen LogP contribution in [-0.4, -0.2) is 37.4 Å². The molecule has 4 heteroatoms. The third-order valence-corrected chi connectivity index (χ3v) is 4.13. The van der Waals surface area contributed by atoms with Crippen LogP contribution in [0.5, 0.6) is 0 Å². The minimum absolute atomic E-state index is 0.0996. The standard InChI is InChI=1S/C14H27NO3/c1-3-12(6-10-16)15-13(17)14(9-11-18-2)7-4-5-8-14/h12,16H,3-11H2,1-2H3,(H,15,17). The molecular weight excluding hydrogens is 230 g/mol. The van der Waals surface area contributed by atoms with Crippen LogP contribution in [0.25, 0.3) is 0 Å². The minimum atomic E-state index is -0.223. The third-order valence-electron chi connectivity index (χ3n) is 4.13. The smallest absolute Gasteiger partial charge is 0.226 e. The SMILES string of the molecule is CCC(CCO)NC(=O)C1(CCOC)CCCC1. The van der Waals surface area contributed by atoms with E-state index in [2.05, 4.69) is 5.32 Å². The topological polar surface area (TPSA) is 58.6 Å². The van der Waals surface area contributed by atoms with Crippen LogP contribution >= 0.6 is 0 Å². The number of aliphatic hydroxyl groups excluding tert-OH is 1. The Labute approximate surface area is 110 Å². The molecule has 1 saturated carbocycles. The number of nitrogens with one attached hydrogen (secondary N) is 1. The average molecular weight is 257 g/mol. The molecule has 0 spiro atoms. The van der Waals surface area contributed by atoms with Gasteiger partial charge in [0.15, 0.2) is 0 Å². The van der Waals surface area contributed by atoms with E-state index in [0.29, 0.717) is 13.0 Å². The lowest BCUT2D eigenvalue weighted by Gasteiger charge is -2.30. The number of hydrogen-bond donors (Lipinski definition) is 2. The second kappa shape index (κ2) is 7.74. The molecule has 1 atom stereocenters. The lowest BCUT2D eigenvalue weighted by molar-refractivity contribution is -0.132. The fourth-order valence-electron chi connectivity index (χ4n) is 2.81. The van der Waals surface area contributed by atoms with Gasteiger partial charge in [-0.1, -0.05) is 19.8 Å². The predicted molar refractivity (Wildman–Crippen MR) is 71.3 cm³/mol. The fraction of sp³-hybridized carbons (Fsp3) is 0.929. The summed E-state index contributed by atoms with van der Waals surface area (Å²) in [7, 11) is 1.68. The molecule has 1 fully saturated rings. The largest absolute Gasteiger partial charge is 0.396 e.